The first-order chi connectivity index (χ1) is 16.6. The van der Waals surface area contributed by atoms with E-state index in [1.165, 1.54) is 54.2 Å². The maximum atomic E-state index is 13.1. The molecule has 0 saturated heterocycles. The van der Waals surface area contributed by atoms with E-state index in [4.69, 9.17) is 0 Å². The first kappa shape index (κ1) is 23.6. The number of aromatic nitrogens is 3. The minimum Gasteiger partial charge on any atom is -0.468 e. The molecule has 0 spiro atoms. The van der Waals surface area contributed by atoms with Gasteiger partial charge in [-0.05, 0) is 48.5 Å². The van der Waals surface area contributed by atoms with Crippen LogP contribution in [-0.2, 0) is 9.53 Å². The van der Waals surface area contributed by atoms with Gasteiger partial charge in [0.15, 0.2) is 5.82 Å². The predicted octanol–water partition coefficient (Wildman–Crippen LogP) is 4.20. The second-order valence-corrected chi connectivity index (χ2v) is 7.13. The molecule has 0 fully saturated rings. The van der Waals surface area contributed by atoms with E-state index in [2.05, 4.69) is 30.2 Å². The molecule has 0 atom stereocenters. The first-order valence-corrected chi connectivity index (χ1v) is 9.98. The maximum Gasteiger partial charge on any atom is 0.573 e. The zero-order valence-electron chi connectivity index (χ0n) is 17.9. The second kappa shape index (κ2) is 9.37. The first-order valence-electron chi connectivity index (χ1n) is 9.98. The van der Waals surface area contributed by atoms with Crippen molar-refractivity contribution < 1.29 is 36.6 Å². The molecule has 4 rings (SSSR count). The van der Waals surface area contributed by atoms with E-state index in [0.717, 1.165) is 12.1 Å². The minimum absolute atomic E-state index is 0.124. The van der Waals surface area contributed by atoms with Gasteiger partial charge in [-0.25, -0.2) is 4.39 Å². The van der Waals surface area contributed by atoms with Gasteiger partial charge in [-0.3, -0.25) is 9.59 Å². The Kier molecular flexibility index (Phi) is 6.32. The van der Waals surface area contributed by atoms with Gasteiger partial charge in [0.25, 0.3) is 5.91 Å². The Balaban J connectivity index is 1.70. The van der Waals surface area contributed by atoms with Crippen molar-refractivity contribution in [1.29, 1.82) is 0 Å². The number of esters is 1. The number of rotatable bonds is 7. The monoisotopic (exact) mass is 491 g/mol. The van der Waals surface area contributed by atoms with Crippen LogP contribution < -0.4 is 15.4 Å². The quantitative estimate of drug-likeness (QED) is 0.264. The molecular weight excluding hydrogens is 474 g/mol. The second-order valence-electron chi connectivity index (χ2n) is 7.13. The number of ether oxygens (including phenoxy) is 2. The summed E-state index contributed by atoms with van der Waals surface area (Å²) in [6.07, 6.45) is -3.55. The Hall–Kier alpha value is -4.55. The Morgan fingerprint density at radius 3 is 2.40 bits per heavy atom. The van der Waals surface area contributed by atoms with Crippen LogP contribution in [0.25, 0.3) is 16.9 Å². The third-order valence-corrected chi connectivity index (χ3v) is 4.81. The highest BCUT2D eigenvalue weighted by molar-refractivity contribution is 6.08. The van der Waals surface area contributed by atoms with E-state index in [1.54, 1.807) is 0 Å². The SMILES string of the molecule is COC(=O)CNc1c(-c2ccc(OC(F)(F)F)cc2)[nH]c2c(C(=O)Nc3ccc(F)cc3)cnn12. The van der Waals surface area contributed by atoms with Gasteiger partial charge < -0.3 is 25.1 Å². The number of imidazole rings is 1. The molecule has 2 aromatic carbocycles. The zero-order valence-corrected chi connectivity index (χ0v) is 17.9. The number of nitrogens with one attached hydrogen (secondary N) is 3. The Bertz CT molecular complexity index is 1360. The summed E-state index contributed by atoms with van der Waals surface area (Å²) in [7, 11) is 1.21. The van der Waals surface area contributed by atoms with Crippen molar-refractivity contribution in [3.63, 3.8) is 0 Å². The Morgan fingerprint density at radius 1 is 1.09 bits per heavy atom. The lowest BCUT2D eigenvalue weighted by molar-refractivity contribution is -0.274. The van der Waals surface area contributed by atoms with Crippen LogP contribution in [-0.4, -0.2) is 46.5 Å². The minimum atomic E-state index is -4.84. The number of halogens is 4. The predicted molar refractivity (Wildman–Crippen MR) is 117 cm³/mol. The van der Waals surface area contributed by atoms with Crippen molar-refractivity contribution in [1.82, 2.24) is 14.6 Å². The smallest absolute Gasteiger partial charge is 0.468 e. The van der Waals surface area contributed by atoms with Crippen molar-refractivity contribution in [3.05, 3.63) is 66.1 Å². The van der Waals surface area contributed by atoms with E-state index in [-0.39, 0.29) is 23.6 Å². The van der Waals surface area contributed by atoms with E-state index in [1.807, 2.05) is 0 Å². The van der Waals surface area contributed by atoms with Crippen LogP contribution in [0.1, 0.15) is 10.4 Å². The summed E-state index contributed by atoms with van der Waals surface area (Å²) in [5.74, 6) is -1.75. The molecule has 35 heavy (non-hydrogen) atoms. The molecular formula is C22H17F4N5O4. The number of hydrogen-bond donors (Lipinski definition) is 3. The fraction of sp³-hybridized carbons (Fsp3) is 0.136. The van der Waals surface area contributed by atoms with Crippen LogP contribution in [0.15, 0.2) is 54.7 Å². The van der Waals surface area contributed by atoms with Crippen molar-refractivity contribution >= 4 is 29.0 Å². The summed E-state index contributed by atoms with van der Waals surface area (Å²) in [6.45, 7) is -0.247. The lowest BCUT2D eigenvalue weighted by Crippen LogP contribution is -2.17. The molecule has 9 nitrogen and oxygen atoms in total. The fourth-order valence-electron chi connectivity index (χ4n) is 3.24. The molecule has 0 unspecified atom stereocenters. The molecule has 0 radical (unpaired) electrons. The number of hydrogen-bond acceptors (Lipinski definition) is 6. The van der Waals surface area contributed by atoms with Gasteiger partial charge >= 0.3 is 12.3 Å². The molecule has 0 bridgehead atoms. The third kappa shape index (κ3) is 5.34. The van der Waals surface area contributed by atoms with Crippen LogP contribution in [0.5, 0.6) is 5.75 Å². The van der Waals surface area contributed by atoms with Gasteiger partial charge in [0.05, 0.1) is 19.0 Å². The molecule has 0 aliphatic rings. The summed E-state index contributed by atoms with van der Waals surface area (Å²) in [5.41, 5.74) is 1.47. The average molecular weight is 491 g/mol. The van der Waals surface area contributed by atoms with Crippen molar-refractivity contribution in [2.75, 3.05) is 24.3 Å². The highest BCUT2D eigenvalue weighted by Crippen LogP contribution is 2.32. The van der Waals surface area contributed by atoms with Gasteiger partial charge in [0.2, 0.25) is 0 Å². The number of amides is 1. The molecule has 2 aromatic heterocycles. The van der Waals surface area contributed by atoms with Crippen LogP contribution in [0.3, 0.4) is 0 Å². The average Bonchev–Trinajstić information content (AvgIpc) is 3.38. The Morgan fingerprint density at radius 2 is 1.77 bits per heavy atom. The van der Waals surface area contributed by atoms with Crippen LogP contribution >= 0.6 is 0 Å². The third-order valence-electron chi connectivity index (χ3n) is 4.81. The molecule has 3 N–H and O–H groups in total. The number of methoxy groups -OCH3 is 1. The topological polar surface area (TPSA) is 110 Å². The molecule has 1 amide bonds. The largest absolute Gasteiger partial charge is 0.573 e. The van der Waals surface area contributed by atoms with Gasteiger partial charge in [-0.2, -0.15) is 9.61 Å². The highest BCUT2D eigenvalue weighted by Gasteiger charge is 2.31. The highest BCUT2D eigenvalue weighted by atomic mass is 19.4. The number of anilines is 2. The van der Waals surface area contributed by atoms with E-state index in [9.17, 15) is 27.2 Å². The van der Waals surface area contributed by atoms with Crippen molar-refractivity contribution in [2.24, 2.45) is 0 Å². The van der Waals surface area contributed by atoms with Gasteiger partial charge in [-0.1, -0.05) is 0 Å². The summed E-state index contributed by atoms with van der Waals surface area (Å²) in [6, 6.07) is 10.1. The van der Waals surface area contributed by atoms with Crippen molar-refractivity contribution in [3.8, 4) is 17.0 Å². The van der Waals surface area contributed by atoms with Crippen molar-refractivity contribution in [2.45, 2.75) is 6.36 Å². The zero-order chi connectivity index (χ0) is 25.2. The Labute approximate surface area is 194 Å². The number of aromatic amines is 1. The summed E-state index contributed by atoms with van der Waals surface area (Å²) >= 11 is 0. The fourth-order valence-corrected chi connectivity index (χ4v) is 3.24. The molecule has 0 aliphatic carbocycles. The standard InChI is InChI=1S/C22H17F4N5O4/c1-34-17(32)11-27-20-18(12-2-8-15(9-3-12)35-22(24,25)26)30-19-16(10-28-31(19)20)21(33)29-14-6-4-13(23)5-7-14/h2-10,27,30H,11H2,1H3,(H,29,33). The number of fused-ring (bicyclic) bond motifs is 1. The van der Waals surface area contributed by atoms with E-state index in [0.29, 0.717) is 16.9 Å². The molecule has 0 saturated carbocycles. The molecule has 0 aliphatic heterocycles. The van der Waals surface area contributed by atoms with Gasteiger partial charge in [-0.15, -0.1) is 13.2 Å². The lowest BCUT2D eigenvalue weighted by atomic mass is 10.1. The number of benzene rings is 2. The number of nitrogens with zero attached hydrogens (tertiary/aromatic N) is 2. The lowest BCUT2D eigenvalue weighted by Gasteiger charge is -2.10. The van der Waals surface area contributed by atoms with Crippen LogP contribution in [0.4, 0.5) is 29.1 Å². The van der Waals surface area contributed by atoms with Gasteiger partial charge in [0, 0.05) is 11.3 Å². The van der Waals surface area contributed by atoms with E-state index < -0.39 is 29.8 Å². The number of H-pyrrole nitrogens is 1. The number of carbonyl (C=O) groups is 2. The summed E-state index contributed by atoms with van der Waals surface area (Å²) in [4.78, 5) is 27.5. The summed E-state index contributed by atoms with van der Waals surface area (Å²) < 4.78 is 60.4. The normalized spacial score (nSPS) is 11.3. The molecule has 4 aromatic rings. The van der Waals surface area contributed by atoms with Gasteiger partial charge in [0.1, 0.15) is 29.3 Å². The van der Waals surface area contributed by atoms with Crippen LogP contribution in [0, 0.1) is 5.82 Å². The molecule has 13 heteroatoms. The maximum absolute atomic E-state index is 13.1. The number of carbonyl (C=O) groups excluding carboxylic acids is 2. The van der Waals surface area contributed by atoms with Crippen LogP contribution in [0.2, 0.25) is 0 Å². The molecule has 182 valence electrons. The summed E-state index contributed by atoms with van der Waals surface area (Å²) in [5, 5.41) is 9.67. The number of alkyl halides is 3. The molecule has 2 heterocycles. The van der Waals surface area contributed by atoms with E-state index >= 15 is 0 Å².